The highest BCUT2D eigenvalue weighted by molar-refractivity contribution is 6.03. The average Bonchev–Trinajstić information content (AvgIpc) is 3.04. The number of benzene rings is 1. The Kier molecular flexibility index (Phi) is 5.46. The highest BCUT2D eigenvalue weighted by atomic mass is 16.5. The number of rotatable bonds is 6. The number of aromatic nitrogens is 2. The maximum Gasteiger partial charge on any atom is 0.275 e. The lowest BCUT2D eigenvalue weighted by molar-refractivity contribution is 0.102. The van der Waals surface area contributed by atoms with Gasteiger partial charge in [0, 0.05) is 31.9 Å². The Balaban J connectivity index is 1.75. The summed E-state index contributed by atoms with van der Waals surface area (Å²) in [6.07, 6.45) is 1.82. The van der Waals surface area contributed by atoms with Gasteiger partial charge in [-0.15, -0.1) is 0 Å². The maximum absolute atomic E-state index is 12.7. The number of methoxy groups -OCH3 is 2. The molecule has 7 heteroatoms. The van der Waals surface area contributed by atoms with Crippen molar-refractivity contribution in [1.82, 2.24) is 14.5 Å². The molecule has 26 heavy (non-hydrogen) atoms. The monoisotopic (exact) mass is 358 g/mol. The van der Waals surface area contributed by atoms with E-state index in [2.05, 4.69) is 33.6 Å². The Bertz CT molecular complexity index is 785. The molecular formula is C19H26N4O3. The van der Waals surface area contributed by atoms with Crippen LogP contribution in [0.4, 0.5) is 5.69 Å². The van der Waals surface area contributed by atoms with Crippen molar-refractivity contribution in [2.45, 2.75) is 26.9 Å². The molecule has 2 aromatic rings. The topological polar surface area (TPSA) is 68.6 Å². The fraction of sp³-hybridized carbons (Fsp3) is 0.474. The number of anilines is 1. The predicted octanol–water partition coefficient (Wildman–Crippen LogP) is 2.62. The SMILES string of the molecule is COc1ccc(OC)c(NC(=O)c2cn3c(n2)CN(CC(C)C)CC3)c1. The molecule has 7 nitrogen and oxygen atoms in total. The summed E-state index contributed by atoms with van der Waals surface area (Å²) in [5.41, 5.74) is 0.973. The number of hydrogen-bond acceptors (Lipinski definition) is 5. The van der Waals surface area contributed by atoms with E-state index >= 15 is 0 Å². The Morgan fingerprint density at radius 3 is 2.77 bits per heavy atom. The molecule has 1 aromatic carbocycles. The molecule has 1 amide bonds. The first-order chi connectivity index (χ1) is 12.5. The lowest BCUT2D eigenvalue weighted by Crippen LogP contribution is -2.35. The smallest absolute Gasteiger partial charge is 0.275 e. The van der Waals surface area contributed by atoms with E-state index in [9.17, 15) is 4.79 Å². The van der Waals surface area contributed by atoms with Crippen LogP contribution in [0.2, 0.25) is 0 Å². The molecule has 2 heterocycles. The van der Waals surface area contributed by atoms with Crippen molar-refractivity contribution >= 4 is 11.6 Å². The summed E-state index contributed by atoms with van der Waals surface area (Å²) in [5.74, 6) is 2.51. The summed E-state index contributed by atoms with van der Waals surface area (Å²) < 4.78 is 12.6. The zero-order valence-electron chi connectivity index (χ0n) is 15.8. The van der Waals surface area contributed by atoms with Gasteiger partial charge in [-0.3, -0.25) is 9.69 Å². The predicted molar refractivity (Wildman–Crippen MR) is 99.8 cm³/mol. The Hall–Kier alpha value is -2.54. The first-order valence-electron chi connectivity index (χ1n) is 8.82. The van der Waals surface area contributed by atoms with E-state index < -0.39 is 0 Å². The normalized spacial score (nSPS) is 14.2. The van der Waals surface area contributed by atoms with Crippen LogP contribution in [0.15, 0.2) is 24.4 Å². The molecule has 0 aliphatic carbocycles. The van der Waals surface area contributed by atoms with E-state index in [0.29, 0.717) is 28.8 Å². The number of amides is 1. The minimum Gasteiger partial charge on any atom is -0.497 e. The largest absolute Gasteiger partial charge is 0.497 e. The van der Waals surface area contributed by atoms with Gasteiger partial charge in [-0.05, 0) is 18.1 Å². The van der Waals surface area contributed by atoms with Gasteiger partial charge >= 0.3 is 0 Å². The van der Waals surface area contributed by atoms with Gasteiger partial charge in [-0.1, -0.05) is 13.8 Å². The number of nitrogens with zero attached hydrogens (tertiary/aromatic N) is 3. The second-order valence-electron chi connectivity index (χ2n) is 6.89. The molecule has 1 aliphatic heterocycles. The van der Waals surface area contributed by atoms with Crippen LogP contribution in [0, 0.1) is 5.92 Å². The number of nitrogens with one attached hydrogen (secondary N) is 1. The zero-order valence-corrected chi connectivity index (χ0v) is 15.8. The Labute approximate surface area is 153 Å². The molecule has 0 saturated carbocycles. The van der Waals surface area contributed by atoms with E-state index in [0.717, 1.165) is 32.0 Å². The molecule has 0 saturated heterocycles. The van der Waals surface area contributed by atoms with Gasteiger partial charge in [0.2, 0.25) is 0 Å². The van der Waals surface area contributed by atoms with Crippen LogP contribution in [-0.2, 0) is 13.1 Å². The number of carbonyl (C=O) groups is 1. The highest BCUT2D eigenvalue weighted by Crippen LogP contribution is 2.29. The lowest BCUT2D eigenvalue weighted by Gasteiger charge is -2.28. The summed E-state index contributed by atoms with van der Waals surface area (Å²) in [6, 6.07) is 5.28. The molecule has 0 unspecified atom stereocenters. The van der Waals surface area contributed by atoms with Crippen LogP contribution in [0.5, 0.6) is 11.5 Å². The fourth-order valence-corrected chi connectivity index (χ4v) is 3.18. The van der Waals surface area contributed by atoms with Crippen LogP contribution in [0.3, 0.4) is 0 Å². The number of fused-ring (bicyclic) bond motifs is 1. The molecule has 0 radical (unpaired) electrons. The van der Waals surface area contributed by atoms with E-state index in [1.807, 2.05) is 6.20 Å². The Morgan fingerprint density at radius 2 is 2.08 bits per heavy atom. The van der Waals surface area contributed by atoms with Crippen molar-refractivity contribution in [2.24, 2.45) is 5.92 Å². The van der Waals surface area contributed by atoms with E-state index in [1.54, 1.807) is 32.4 Å². The van der Waals surface area contributed by atoms with Crippen LogP contribution >= 0.6 is 0 Å². The standard InChI is InChI=1S/C19H26N4O3/c1-13(2)10-22-7-8-23-11-16(20-18(23)12-22)19(24)21-15-9-14(25-3)5-6-17(15)26-4/h5-6,9,11,13H,7-8,10,12H2,1-4H3,(H,21,24). The molecule has 1 aliphatic rings. The van der Waals surface area contributed by atoms with Gasteiger partial charge in [-0.2, -0.15) is 0 Å². The molecule has 0 atom stereocenters. The molecular weight excluding hydrogens is 332 g/mol. The van der Waals surface area contributed by atoms with Gasteiger partial charge in [0.05, 0.1) is 26.5 Å². The quantitative estimate of drug-likeness (QED) is 0.860. The minimum atomic E-state index is -0.256. The van der Waals surface area contributed by atoms with Gasteiger partial charge in [0.1, 0.15) is 23.0 Å². The zero-order chi connectivity index (χ0) is 18.7. The Morgan fingerprint density at radius 1 is 1.27 bits per heavy atom. The van der Waals surface area contributed by atoms with Gasteiger partial charge < -0.3 is 19.4 Å². The van der Waals surface area contributed by atoms with Gasteiger partial charge in [0.15, 0.2) is 0 Å². The summed E-state index contributed by atoms with van der Waals surface area (Å²) in [7, 11) is 3.15. The van der Waals surface area contributed by atoms with Gasteiger partial charge in [0.25, 0.3) is 5.91 Å². The summed E-state index contributed by atoms with van der Waals surface area (Å²) in [5, 5.41) is 2.87. The van der Waals surface area contributed by atoms with Crippen molar-refractivity contribution in [1.29, 1.82) is 0 Å². The molecule has 1 aromatic heterocycles. The van der Waals surface area contributed by atoms with E-state index in [1.165, 1.54) is 0 Å². The lowest BCUT2D eigenvalue weighted by atomic mass is 10.2. The summed E-state index contributed by atoms with van der Waals surface area (Å²) >= 11 is 0. The van der Waals surface area contributed by atoms with Crippen molar-refractivity contribution in [3.05, 3.63) is 35.9 Å². The first-order valence-corrected chi connectivity index (χ1v) is 8.82. The fourth-order valence-electron chi connectivity index (χ4n) is 3.18. The second kappa shape index (κ2) is 7.78. The van der Waals surface area contributed by atoms with Crippen molar-refractivity contribution in [2.75, 3.05) is 32.6 Å². The number of imidazole rings is 1. The summed E-state index contributed by atoms with van der Waals surface area (Å²) in [6.45, 7) is 8.06. The molecule has 140 valence electrons. The van der Waals surface area contributed by atoms with Crippen LogP contribution in [0.1, 0.15) is 30.2 Å². The molecule has 0 bridgehead atoms. The maximum atomic E-state index is 12.7. The minimum absolute atomic E-state index is 0.256. The van der Waals surface area contributed by atoms with Gasteiger partial charge in [-0.25, -0.2) is 4.98 Å². The summed E-state index contributed by atoms with van der Waals surface area (Å²) in [4.78, 5) is 19.6. The molecule has 0 fully saturated rings. The van der Waals surface area contributed by atoms with Crippen LogP contribution in [0.25, 0.3) is 0 Å². The van der Waals surface area contributed by atoms with E-state index in [-0.39, 0.29) is 5.91 Å². The van der Waals surface area contributed by atoms with Crippen molar-refractivity contribution in [3.63, 3.8) is 0 Å². The third-order valence-electron chi connectivity index (χ3n) is 4.39. The number of ether oxygens (including phenoxy) is 2. The van der Waals surface area contributed by atoms with Crippen LogP contribution in [-0.4, -0.2) is 47.7 Å². The average molecular weight is 358 g/mol. The third kappa shape index (κ3) is 3.99. The van der Waals surface area contributed by atoms with Crippen LogP contribution < -0.4 is 14.8 Å². The van der Waals surface area contributed by atoms with Crippen molar-refractivity contribution in [3.8, 4) is 11.5 Å². The first kappa shape index (κ1) is 18.3. The third-order valence-corrected chi connectivity index (χ3v) is 4.39. The number of hydrogen-bond donors (Lipinski definition) is 1. The highest BCUT2D eigenvalue weighted by Gasteiger charge is 2.22. The molecule has 3 rings (SSSR count). The number of carbonyl (C=O) groups excluding carboxylic acids is 1. The second-order valence-corrected chi connectivity index (χ2v) is 6.89. The molecule has 0 spiro atoms. The van der Waals surface area contributed by atoms with Crippen molar-refractivity contribution < 1.29 is 14.3 Å². The van der Waals surface area contributed by atoms with E-state index in [4.69, 9.17) is 9.47 Å². The molecule has 1 N–H and O–H groups in total.